The summed E-state index contributed by atoms with van der Waals surface area (Å²) in [4.78, 5) is 3.88. The molecule has 1 aliphatic rings. The third-order valence-corrected chi connectivity index (χ3v) is 1.06. The van der Waals surface area contributed by atoms with E-state index in [1.165, 1.54) is 0 Å². The molecule has 0 aromatic carbocycles. The number of nitrogens with zero attached hydrogens (tertiary/aromatic N) is 1. The van der Waals surface area contributed by atoms with Crippen LogP contribution < -0.4 is 0 Å². The molecule has 0 aromatic heterocycles. The third-order valence-electron chi connectivity index (χ3n) is 1.06. The van der Waals surface area contributed by atoms with Gasteiger partial charge in [0.15, 0.2) is 0 Å². The van der Waals surface area contributed by atoms with Gasteiger partial charge in [0.05, 0.1) is 6.10 Å². The Morgan fingerprint density at radius 1 is 1.71 bits per heavy atom. The Kier molecular flexibility index (Phi) is 1.42. The molecule has 0 saturated carbocycles. The molecule has 1 rings (SSSR count). The minimum Gasteiger partial charge on any atom is -0.387 e. The van der Waals surface area contributed by atoms with Crippen LogP contribution in [0.25, 0.3) is 0 Å². The Morgan fingerprint density at radius 3 is 2.86 bits per heavy atom. The third kappa shape index (κ3) is 1.27. The number of aliphatic imine (C=N–C) groups is 1. The average molecular weight is 99.1 g/mol. The molecule has 1 N–H and O–H groups in total. The lowest BCUT2D eigenvalue weighted by Gasteiger charge is -2.06. The summed E-state index contributed by atoms with van der Waals surface area (Å²) in [5.74, 6) is 0. The van der Waals surface area contributed by atoms with Crippen LogP contribution in [0, 0.1) is 0 Å². The molecule has 0 spiro atoms. The maximum Gasteiger partial charge on any atom is 0.0887 e. The number of aliphatic hydroxyl groups excluding tert-OH is 1. The first-order valence-electron chi connectivity index (χ1n) is 2.57. The van der Waals surface area contributed by atoms with Crippen molar-refractivity contribution in [2.45, 2.75) is 18.9 Å². The Labute approximate surface area is 42.9 Å². The van der Waals surface area contributed by atoms with E-state index in [1.807, 2.05) is 0 Å². The summed E-state index contributed by atoms with van der Waals surface area (Å²) < 4.78 is 0. The standard InChI is InChI=1S/C5H9NO/c7-5-2-1-3-6-4-5/h4-5,7H,1-3H2/t5-/m0/s1. The highest BCUT2D eigenvalue weighted by molar-refractivity contribution is 5.63. The van der Waals surface area contributed by atoms with Gasteiger partial charge in [-0.1, -0.05) is 0 Å². The number of aliphatic hydroxyl groups is 1. The number of hydrogen-bond acceptors (Lipinski definition) is 2. The highest BCUT2D eigenvalue weighted by Crippen LogP contribution is 1.99. The molecule has 1 aliphatic heterocycles. The second-order valence-electron chi connectivity index (χ2n) is 1.76. The van der Waals surface area contributed by atoms with Crippen LogP contribution in [0.3, 0.4) is 0 Å². The summed E-state index contributed by atoms with van der Waals surface area (Å²) in [6.45, 7) is 0.900. The highest BCUT2D eigenvalue weighted by Gasteiger charge is 2.01. The van der Waals surface area contributed by atoms with Gasteiger partial charge < -0.3 is 5.11 Å². The van der Waals surface area contributed by atoms with E-state index in [0.717, 1.165) is 19.4 Å². The summed E-state index contributed by atoms with van der Waals surface area (Å²) in [6.07, 6.45) is 3.29. The quantitative estimate of drug-likeness (QED) is 0.462. The average Bonchev–Trinajstić information content (AvgIpc) is 1.69. The summed E-state index contributed by atoms with van der Waals surface area (Å²) in [5, 5.41) is 8.76. The number of rotatable bonds is 0. The fourth-order valence-electron chi connectivity index (χ4n) is 0.662. The Balaban J connectivity index is 2.36. The Bertz CT molecular complexity index is 80.1. The molecular weight excluding hydrogens is 90.1 g/mol. The topological polar surface area (TPSA) is 32.6 Å². The molecule has 2 heteroatoms. The van der Waals surface area contributed by atoms with Gasteiger partial charge in [-0.3, -0.25) is 4.99 Å². The molecule has 0 fully saturated rings. The van der Waals surface area contributed by atoms with E-state index in [-0.39, 0.29) is 6.10 Å². The summed E-state index contributed by atoms with van der Waals surface area (Å²) in [6, 6.07) is 0. The molecule has 1 heterocycles. The van der Waals surface area contributed by atoms with Crippen LogP contribution in [0.1, 0.15) is 12.8 Å². The molecule has 7 heavy (non-hydrogen) atoms. The van der Waals surface area contributed by atoms with Gasteiger partial charge in [0.2, 0.25) is 0 Å². The fraction of sp³-hybridized carbons (Fsp3) is 0.800. The summed E-state index contributed by atoms with van der Waals surface area (Å²) >= 11 is 0. The first-order valence-corrected chi connectivity index (χ1v) is 2.57. The van der Waals surface area contributed by atoms with E-state index in [4.69, 9.17) is 5.11 Å². The maximum atomic E-state index is 8.76. The van der Waals surface area contributed by atoms with Gasteiger partial charge in [0.1, 0.15) is 0 Å². The molecule has 0 unspecified atom stereocenters. The van der Waals surface area contributed by atoms with Crippen molar-refractivity contribution in [1.29, 1.82) is 0 Å². The highest BCUT2D eigenvalue weighted by atomic mass is 16.3. The van der Waals surface area contributed by atoms with Gasteiger partial charge >= 0.3 is 0 Å². The van der Waals surface area contributed by atoms with Crippen LogP contribution in [-0.2, 0) is 0 Å². The lowest BCUT2D eigenvalue weighted by atomic mass is 10.2. The van der Waals surface area contributed by atoms with Gasteiger partial charge in [0.25, 0.3) is 0 Å². The van der Waals surface area contributed by atoms with Crippen molar-refractivity contribution in [3.05, 3.63) is 0 Å². The van der Waals surface area contributed by atoms with Crippen molar-refractivity contribution in [3.8, 4) is 0 Å². The van der Waals surface area contributed by atoms with Crippen LogP contribution in [0.5, 0.6) is 0 Å². The smallest absolute Gasteiger partial charge is 0.0887 e. The zero-order chi connectivity index (χ0) is 5.11. The van der Waals surface area contributed by atoms with Crippen molar-refractivity contribution >= 4 is 6.21 Å². The predicted molar refractivity (Wildman–Crippen MR) is 28.6 cm³/mol. The van der Waals surface area contributed by atoms with E-state index >= 15 is 0 Å². The van der Waals surface area contributed by atoms with Crippen molar-refractivity contribution in [2.24, 2.45) is 4.99 Å². The monoisotopic (exact) mass is 99.1 g/mol. The van der Waals surface area contributed by atoms with E-state index in [1.54, 1.807) is 6.21 Å². The molecule has 2 nitrogen and oxygen atoms in total. The van der Waals surface area contributed by atoms with Gasteiger partial charge in [-0.25, -0.2) is 0 Å². The van der Waals surface area contributed by atoms with Gasteiger partial charge in [-0.05, 0) is 12.8 Å². The maximum absolute atomic E-state index is 8.76. The van der Waals surface area contributed by atoms with E-state index in [2.05, 4.69) is 4.99 Å². The SMILES string of the molecule is O[C@@H]1C=NCCC1. The minimum absolute atomic E-state index is 0.256. The molecule has 0 bridgehead atoms. The van der Waals surface area contributed by atoms with Crippen LogP contribution in [-0.4, -0.2) is 24.0 Å². The van der Waals surface area contributed by atoms with E-state index < -0.39 is 0 Å². The Hall–Kier alpha value is -0.370. The minimum atomic E-state index is -0.256. The number of hydrogen-bond donors (Lipinski definition) is 1. The largest absolute Gasteiger partial charge is 0.387 e. The first-order chi connectivity index (χ1) is 3.39. The van der Waals surface area contributed by atoms with Crippen LogP contribution >= 0.6 is 0 Å². The van der Waals surface area contributed by atoms with Gasteiger partial charge in [-0.15, -0.1) is 0 Å². The summed E-state index contributed by atoms with van der Waals surface area (Å²) in [7, 11) is 0. The normalized spacial score (nSPS) is 30.7. The van der Waals surface area contributed by atoms with Crippen molar-refractivity contribution < 1.29 is 5.11 Å². The van der Waals surface area contributed by atoms with Crippen molar-refractivity contribution in [2.75, 3.05) is 6.54 Å². The molecule has 0 aliphatic carbocycles. The predicted octanol–water partition coefficient (Wildman–Crippen LogP) is 0.212. The fourth-order valence-corrected chi connectivity index (χ4v) is 0.662. The molecule has 40 valence electrons. The molecule has 0 aromatic rings. The lowest BCUT2D eigenvalue weighted by Crippen LogP contribution is -2.12. The van der Waals surface area contributed by atoms with Crippen LogP contribution in [0.4, 0.5) is 0 Å². The first kappa shape index (κ1) is 4.78. The van der Waals surface area contributed by atoms with Gasteiger partial charge in [0, 0.05) is 12.8 Å². The Morgan fingerprint density at radius 2 is 2.57 bits per heavy atom. The van der Waals surface area contributed by atoms with Crippen molar-refractivity contribution in [3.63, 3.8) is 0 Å². The zero-order valence-electron chi connectivity index (χ0n) is 4.17. The molecule has 0 radical (unpaired) electrons. The lowest BCUT2D eigenvalue weighted by molar-refractivity contribution is 0.228. The second kappa shape index (κ2) is 2.07. The zero-order valence-corrected chi connectivity index (χ0v) is 4.17. The summed E-state index contributed by atoms with van der Waals surface area (Å²) in [5.41, 5.74) is 0. The van der Waals surface area contributed by atoms with E-state index in [0.29, 0.717) is 0 Å². The second-order valence-corrected chi connectivity index (χ2v) is 1.76. The molecular formula is C5H9NO. The van der Waals surface area contributed by atoms with Crippen LogP contribution in [0.15, 0.2) is 4.99 Å². The van der Waals surface area contributed by atoms with Gasteiger partial charge in [-0.2, -0.15) is 0 Å². The van der Waals surface area contributed by atoms with E-state index in [9.17, 15) is 0 Å². The molecule has 0 saturated heterocycles. The molecule has 1 atom stereocenters. The van der Waals surface area contributed by atoms with Crippen LogP contribution in [0.2, 0.25) is 0 Å². The molecule has 0 amide bonds. The van der Waals surface area contributed by atoms with Crippen molar-refractivity contribution in [1.82, 2.24) is 0 Å².